The Hall–Kier alpha value is -2.63. The summed E-state index contributed by atoms with van der Waals surface area (Å²) in [6.07, 6.45) is 0.556. The van der Waals surface area contributed by atoms with Crippen LogP contribution < -0.4 is 10.6 Å². The molecule has 134 valence electrons. The van der Waals surface area contributed by atoms with Crippen molar-refractivity contribution in [3.8, 4) is 0 Å². The summed E-state index contributed by atoms with van der Waals surface area (Å²) in [5.74, 6) is 0.404. The third-order valence-corrected chi connectivity index (χ3v) is 3.97. The van der Waals surface area contributed by atoms with Crippen molar-refractivity contribution in [2.45, 2.75) is 40.2 Å². The molecule has 0 spiro atoms. The second-order valence-electron chi connectivity index (χ2n) is 6.75. The van der Waals surface area contributed by atoms with Gasteiger partial charge >= 0.3 is 0 Å². The zero-order chi connectivity index (χ0) is 18.6. The molecule has 0 radical (unpaired) electrons. The third-order valence-electron chi connectivity index (χ3n) is 3.97. The normalized spacial score (nSPS) is 12.1. The van der Waals surface area contributed by atoms with E-state index in [0.29, 0.717) is 17.8 Å². The smallest absolute Gasteiger partial charge is 0.252 e. The Kier molecular flexibility index (Phi) is 5.96. The predicted molar refractivity (Wildman–Crippen MR) is 98.5 cm³/mol. The van der Waals surface area contributed by atoms with Crippen LogP contribution in [0.5, 0.6) is 0 Å². The highest BCUT2D eigenvalue weighted by atomic mass is 16.2. The zero-order valence-corrected chi connectivity index (χ0v) is 15.5. The highest BCUT2D eigenvalue weighted by Crippen LogP contribution is 2.13. The fourth-order valence-corrected chi connectivity index (χ4v) is 2.71. The number of aryl methyl sites for hydroxylation is 3. The number of hydrogen-bond donors (Lipinski definition) is 2. The number of amides is 2. The summed E-state index contributed by atoms with van der Waals surface area (Å²) < 4.78 is 1.61. The van der Waals surface area contributed by atoms with Crippen LogP contribution in [0.25, 0.3) is 0 Å². The number of carbonyl (C=O) groups excluding carboxylic acids is 2. The molecule has 1 atom stereocenters. The lowest BCUT2D eigenvalue weighted by Crippen LogP contribution is -2.45. The molecule has 1 aromatic carbocycles. The topological polar surface area (TPSA) is 76.0 Å². The Morgan fingerprint density at radius 2 is 1.88 bits per heavy atom. The molecular formula is C19H26N4O2. The van der Waals surface area contributed by atoms with Crippen LogP contribution in [0.1, 0.15) is 41.9 Å². The van der Waals surface area contributed by atoms with Gasteiger partial charge in [-0.3, -0.25) is 14.3 Å². The summed E-state index contributed by atoms with van der Waals surface area (Å²) in [4.78, 5) is 25.3. The van der Waals surface area contributed by atoms with Crippen LogP contribution in [0.3, 0.4) is 0 Å². The lowest BCUT2D eigenvalue weighted by Gasteiger charge is -2.20. The number of nitrogens with one attached hydrogen (secondary N) is 2. The lowest BCUT2D eigenvalue weighted by atomic mass is 10.0. The number of anilines is 1. The van der Waals surface area contributed by atoms with Gasteiger partial charge in [0.15, 0.2) is 0 Å². The maximum Gasteiger partial charge on any atom is 0.252 e. The van der Waals surface area contributed by atoms with Crippen molar-refractivity contribution in [3.05, 3.63) is 47.2 Å². The first-order valence-electron chi connectivity index (χ1n) is 8.46. The second-order valence-corrected chi connectivity index (χ2v) is 6.75. The maximum atomic E-state index is 12.7. The molecule has 1 heterocycles. The molecule has 0 saturated carbocycles. The molecule has 6 heteroatoms. The summed E-state index contributed by atoms with van der Waals surface area (Å²) in [5, 5.41) is 9.94. The first-order valence-corrected chi connectivity index (χ1v) is 8.46. The quantitative estimate of drug-likeness (QED) is 0.847. The van der Waals surface area contributed by atoms with Crippen molar-refractivity contribution in [2.75, 3.05) is 5.32 Å². The lowest BCUT2D eigenvalue weighted by molar-refractivity contribution is -0.118. The SMILES string of the molecule is Cc1cc(NC(=O)C(CC(C)C)NC(=O)c2ccccc2C)n(C)n1. The molecule has 0 aliphatic carbocycles. The third kappa shape index (κ3) is 4.92. The van der Waals surface area contributed by atoms with Crippen molar-refractivity contribution in [3.63, 3.8) is 0 Å². The number of nitrogens with zero attached hydrogens (tertiary/aromatic N) is 2. The molecular weight excluding hydrogens is 316 g/mol. The van der Waals surface area contributed by atoms with Crippen LogP contribution in [0.4, 0.5) is 5.82 Å². The van der Waals surface area contributed by atoms with E-state index in [1.807, 2.05) is 45.9 Å². The number of rotatable bonds is 6. The largest absolute Gasteiger partial charge is 0.340 e. The standard InChI is InChI=1S/C19H26N4O2/c1-12(2)10-16(19(25)21-17-11-14(4)22-23(17)5)20-18(24)15-9-7-6-8-13(15)3/h6-9,11-12,16H,10H2,1-5H3,(H,20,24)(H,21,25). The molecule has 0 aliphatic heterocycles. The van der Waals surface area contributed by atoms with Crippen LogP contribution in [0.15, 0.2) is 30.3 Å². The molecule has 6 nitrogen and oxygen atoms in total. The Morgan fingerprint density at radius 1 is 1.20 bits per heavy atom. The Balaban J connectivity index is 2.15. The fraction of sp³-hybridized carbons (Fsp3) is 0.421. The molecule has 25 heavy (non-hydrogen) atoms. The van der Waals surface area contributed by atoms with E-state index in [2.05, 4.69) is 15.7 Å². The van der Waals surface area contributed by atoms with Gasteiger partial charge in [0.05, 0.1) is 5.69 Å². The Morgan fingerprint density at radius 3 is 2.44 bits per heavy atom. The maximum absolute atomic E-state index is 12.7. The fourth-order valence-electron chi connectivity index (χ4n) is 2.71. The van der Waals surface area contributed by atoms with E-state index in [0.717, 1.165) is 11.3 Å². The minimum atomic E-state index is -0.609. The van der Waals surface area contributed by atoms with E-state index >= 15 is 0 Å². The molecule has 2 aromatic rings. The van der Waals surface area contributed by atoms with Crippen LogP contribution in [-0.2, 0) is 11.8 Å². The molecule has 0 fully saturated rings. The highest BCUT2D eigenvalue weighted by molar-refractivity contribution is 6.01. The summed E-state index contributed by atoms with van der Waals surface area (Å²) in [7, 11) is 1.77. The van der Waals surface area contributed by atoms with Gasteiger partial charge in [0.2, 0.25) is 5.91 Å². The van der Waals surface area contributed by atoms with Crippen LogP contribution >= 0.6 is 0 Å². The molecule has 2 N–H and O–H groups in total. The molecule has 2 amide bonds. The number of hydrogen-bond acceptors (Lipinski definition) is 3. The first kappa shape index (κ1) is 18.7. The van der Waals surface area contributed by atoms with E-state index < -0.39 is 6.04 Å². The average Bonchev–Trinajstić information content (AvgIpc) is 2.84. The van der Waals surface area contributed by atoms with Gasteiger partial charge in [0.1, 0.15) is 11.9 Å². The van der Waals surface area contributed by atoms with Crippen molar-refractivity contribution >= 4 is 17.6 Å². The summed E-state index contributed by atoms with van der Waals surface area (Å²) in [6.45, 7) is 7.79. The zero-order valence-electron chi connectivity index (χ0n) is 15.5. The first-order chi connectivity index (χ1) is 11.8. The van der Waals surface area contributed by atoms with Crippen molar-refractivity contribution in [1.29, 1.82) is 0 Å². The van der Waals surface area contributed by atoms with Crippen molar-refractivity contribution in [2.24, 2.45) is 13.0 Å². The summed E-state index contributed by atoms with van der Waals surface area (Å²) in [5.41, 5.74) is 2.29. The number of carbonyl (C=O) groups is 2. The minimum absolute atomic E-state index is 0.236. The summed E-state index contributed by atoms with van der Waals surface area (Å²) in [6, 6.07) is 8.53. The van der Waals surface area contributed by atoms with Gasteiger partial charge in [-0.05, 0) is 37.8 Å². The van der Waals surface area contributed by atoms with Gasteiger partial charge in [-0.25, -0.2) is 0 Å². The van der Waals surface area contributed by atoms with E-state index in [1.165, 1.54) is 0 Å². The number of benzene rings is 1. The van der Waals surface area contributed by atoms with Crippen LogP contribution in [0.2, 0.25) is 0 Å². The molecule has 2 rings (SSSR count). The van der Waals surface area contributed by atoms with Gasteiger partial charge in [-0.1, -0.05) is 32.0 Å². The van der Waals surface area contributed by atoms with Gasteiger partial charge in [0, 0.05) is 18.7 Å². The van der Waals surface area contributed by atoms with Crippen molar-refractivity contribution < 1.29 is 9.59 Å². The molecule has 1 unspecified atom stereocenters. The minimum Gasteiger partial charge on any atom is -0.340 e. The van der Waals surface area contributed by atoms with Gasteiger partial charge in [0.25, 0.3) is 5.91 Å². The van der Waals surface area contributed by atoms with Gasteiger partial charge < -0.3 is 10.6 Å². The van der Waals surface area contributed by atoms with Crippen LogP contribution in [0, 0.1) is 19.8 Å². The van der Waals surface area contributed by atoms with E-state index in [4.69, 9.17) is 0 Å². The van der Waals surface area contributed by atoms with Gasteiger partial charge in [-0.15, -0.1) is 0 Å². The second kappa shape index (κ2) is 7.96. The Labute approximate surface area is 148 Å². The van der Waals surface area contributed by atoms with Crippen molar-refractivity contribution in [1.82, 2.24) is 15.1 Å². The van der Waals surface area contributed by atoms with Gasteiger partial charge in [-0.2, -0.15) is 5.10 Å². The van der Waals surface area contributed by atoms with Crippen LogP contribution in [-0.4, -0.2) is 27.6 Å². The monoisotopic (exact) mass is 342 g/mol. The highest BCUT2D eigenvalue weighted by Gasteiger charge is 2.24. The molecule has 0 aliphatic rings. The molecule has 0 bridgehead atoms. The number of aromatic nitrogens is 2. The molecule has 1 aromatic heterocycles. The average molecular weight is 342 g/mol. The van der Waals surface area contributed by atoms with E-state index in [-0.39, 0.29) is 17.7 Å². The van der Waals surface area contributed by atoms with E-state index in [1.54, 1.807) is 23.9 Å². The van der Waals surface area contributed by atoms with E-state index in [9.17, 15) is 9.59 Å². The predicted octanol–water partition coefficient (Wildman–Crippen LogP) is 2.82. The molecule has 0 saturated heterocycles. The Bertz CT molecular complexity index is 765. The summed E-state index contributed by atoms with van der Waals surface area (Å²) >= 11 is 0.